The molecule has 2 aliphatic heterocycles. The van der Waals surface area contributed by atoms with Gasteiger partial charge in [0.1, 0.15) is 22.7 Å². The number of ether oxygens (including phenoxy) is 1. The summed E-state index contributed by atoms with van der Waals surface area (Å²) in [6, 6.07) is -0.205. The highest BCUT2D eigenvalue weighted by atomic mass is 35.6. The zero-order valence-electron chi connectivity index (χ0n) is 9.86. The van der Waals surface area contributed by atoms with Gasteiger partial charge in [-0.05, 0) is 12.5 Å². The molecule has 106 valence electrons. The second-order valence-corrected chi connectivity index (χ2v) is 8.30. The number of nitrogens with two attached hydrogens (primary N) is 1. The van der Waals surface area contributed by atoms with Crippen molar-refractivity contribution in [1.82, 2.24) is 4.90 Å². The molecule has 0 aromatic heterocycles. The van der Waals surface area contributed by atoms with Gasteiger partial charge in [-0.15, -0.1) is 11.8 Å². The van der Waals surface area contributed by atoms with Crippen LogP contribution < -0.4 is 5.73 Å². The summed E-state index contributed by atoms with van der Waals surface area (Å²) in [4.78, 5) is 14.4. The van der Waals surface area contributed by atoms with E-state index in [1.807, 2.05) is 6.92 Å². The molecule has 2 heterocycles. The molecule has 1 fully saturated rings. The van der Waals surface area contributed by atoms with Gasteiger partial charge in [-0.2, -0.15) is 0 Å². The highest BCUT2D eigenvalue weighted by Gasteiger charge is 2.48. The van der Waals surface area contributed by atoms with E-state index in [0.717, 1.165) is 5.57 Å². The first-order valence-electron chi connectivity index (χ1n) is 5.36. The average molecular weight is 362 g/mol. The summed E-state index contributed by atoms with van der Waals surface area (Å²) in [6.07, 6.45) is 0. The molecule has 2 rings (SSSR count). The minimum atomic E-state index is -1.63. The van der Waals surface area contributed by atoms with E-state index in [1.54, 1.807) is 16.7 Å². The molecule has 2 atom stereocenters. The molecule has 0 aliphatic carbocycles. The number of fused-ring (bicyclic) bond motifs is 1. The second kappa shape index (κ2) is 5.58. The molecule has 4 nitrogen and oxygen atoms in total. The average Bonchev–Trinajstić information content (AvgIpc) is 2.33. The van der Waals surface area contributed by atoms with E-state index in [4.69, 9.17) is 57.5 Å². The molecule has 2 unspecified atom stereocenters. The van der Waals surface area contributed by atoms with Gasteiger partial charge < -0.3 is 15.4 Å². The minimum Gasteiger partial charge on any atom is -0.456 e. The van der Waals surface area contributed by atoms with E-state index in [0.29, 0.717) is 16.4 Å². The number of alkyl halides is 3. The Bertz CT molecular complexity index is 464. The number of nitrogens with zero attached hydrogens (tertiary/aromatic N) is 1. The molecule has 0 bridgehead atoms. The van der Waals surface area contributed by atoms with Crippen LogP contribution in [0.25, 0.3) is 0 Å². The number of thioether (sulfide) groups is 1. The smallest absolute Gasteiger partial charge is 0.355 e. The topological polar surface area (TPSA) is 55.6 Å². The van der Waals surface area contributed by atoms with Gasteiger partial charge in [0, 0.05) is 5.75 Å². The maximum absolute atomic E-state index is 12.1. The number of carbonyl (C=O) groups is 1. The Morgan fingerprint density at radius 1 is 1.63 bits per heavy atom. The Labute approximate surface area is 135 Å². The van der Waals surface area contributed by atoms with E-state index in [2.05, 4.69) is 0 Å². The van der Waals surface area contributed by atoms with Gasteiger partial charge in [0.05, 0.1) is 6.04 Å². The van der Waals surface area contributed by atoms with Gasteiger partial charge in [0.15, 0.2) is 0 Å². The quantitative estimate of drug-likeness (QED) is 0.462. The number of thiocarbonyl (C=S) groups is 1. The molecule has 0 spiro atoms. The lowest BCUT2D eigenvalue weighted by Gasteiger charge is -2.50. The zero-order chi connectivity index (χ0) is 14.4. The third kappa shape index (κ3) is 3.14. The number of halogens is 3. The molecular formula is C10H11Cl3N2O2S2. The van der Waals surface area contributed by atoms with Crippen molar-refractivity contribution in [1.29, 1.82) is 0 Å². The van der Waals surface area contributed by atoms with Gasteiger partial charge in [0.25, 0.3) is 0 Å². The van der Waals surface area contributed by atoms with E-state index in [9.17, 15) is 4.79 Å². The fourth-order valence-electron chi connectivity index (χ4n) is 1.87. The number of hydrogen-bond acceptors (Lipinski definition) is 5. The van der Waals surface area contributed by atoms with Crippen LogP contribution in [-0.4, -0.2) is 43.4 Å². The Morgan fingerprint density at radius 3 is 2.84 bits per heavy atom. The van der Waals surface area contributed by atoms with Crippen LogP contribution in [0.1, 0.15) is 6.92 Å². The summed E-state index contributed by atoms with van der Waals surface area (Å²) in [5.41, 5.74) is 7.19. The van der Waals surface area contributed by atoms with E-state index < -0.39 is 9.76 Å². The van der Waals surface area contributed by atoms with E-state index in [-0.39, 0.29) is 18.0 Å². The van der Waals surface area contributed by atoms with Crippen LogP contribution in [0.2, 0.25) is 0 Å². The lowest BCUT2D eigenvalue weighted by Crippen LogP contribution is -2.67. The molecule has 0 radical (unpaired) electrons. The first-order valence-corrected chi connectivity index (χ1v) is 7.95. The second-order valence-electron chi connectivity index (χ2n) is 4.26. The van der Waals surface area contributed by atoms with Crippen molar-refractivity contribution in [2.24, 2.45) is 5.73 Å². The Hall–Kier alpha value is 0.280. The fourth-order valence-corrected chi connectivity index (χ4v) is 3.79. The first kappa shape index (κ1) is 15.7. The van der Waals surface area contributed by atoms with Crippen LogP contribution in [0.15, 0.2) is 11.3 Å². The Balaban J connectivity index is 2.13. The van der Waals surface area contributed by atoms with Crippen molar-refractivity contribution >= 4 is 69.7 Å². The van der Waals surface area contributed by atoms with Gasteiger partial charge in [0.2, 0.25) is 3.79 Å². The van der Waals surface area contributed by atoms with Gasteiger partial charge >= 0.3 is 5.97 Å². The molecular weight excluding hydrogens is 351 g/mol. The molecule has 0 saturated carbocycles. The number of carbonyl (C=O) groups excluding carboxylic acids is 1. The molecule has 19 heavy (non-hydrogen) atoms. The fraction of sp³-hybridized carbons (Fsp3) is 0.600. The predicted octanol–water partition coefficient (Wildman–Crippen LogP) is 2.22. The summed E-state index contributed by atoms with van der Waals surface area (Å²) in [5.74, 6) is 0.166. The summed E-state index contributed by atoms with van der Waals surface area (Å²) in [6.45, 7) is 1.54. The van der Waals surface area contributed by atoms with Crippen molar-refractivity contribution in [2.75, 3.05) is 12.4 Å². The number of esters is 1. The normalized spacial score (nSPS) is 27.0. The third-order valence-electron chi connectivity index (χ3n) is 2.76. The summed E-state index contributed by atoms with van der Waals surface area (Å²) in [7, 11) is 0. The van der Waals surface area contributed by atoms with Crippen molar-refractivity contribution < 1.29 is 9.53 Å². The maximum atomic E-state index is 12.1. The summed E-state index contributed by atoms with van der Waals surface area (Å²) in [5, 5.41) is -0.00786. The lowest BCUT2D eigenvalue weighted by atomic mass is 10.1. The molecule has 9 heteroatoms. The first-order chi connectivity index (χ1) is 8.72. The van der Waals surface area contributed by atoms with E-state index >= 15 is 0 Å². The molecule has 2 N–H and O–H groups in total. The van der Waals surface area contributed by atoms with Gasteiger partial charge in [-0.3, -0.25) is 0 Å². The van der Waals surface area contributed by atoms with Crippen LogP contribution in [0.4, 0.5) is 0 Å². The van der Waals surface area contributed by atoms with E-state index in [1.165, 1.54) is 0 Å². The molecule has 0 aromatic carbocycles. The number of hydrogen-bond donors (Lipinski definition) is 1. The highest BCUT2D eigenvalue weighted by molar-refractivity contribution is 8.00. The zero-order valence-corrected chi connectivity index (χ0v) is 13.8. The van der Waals surface area contributed by atoms with Crippen molar-refractivity contribution in [3.8, 4) is 0 Å². The SMILES string of the molecule is CC1=C(C(=O)OCC(Cl)(Cl)Cl)N2C(=S)C(N)C2SC1. The summed E-state index contributed by atoms with van der Waals surface area (Å²) >= 11 is 23.5. The van der Waals surface area contributed by atoms with Crippen LogP contribution in [0.3, 0.4) is 0 Å². The molecule has 2 aliphatic rings. The van der Waals surface area contributed by atoms with Crippen LogP contribution >= 0.6 is 58.8 Å². The predicted molar refractivity (Wildman–Crippen MR) is 82.6 cm³/mol. The molecule has 1 saturated heterocycles. The van der Waals surface area contributed by atoms with Crippen molar-refractivity contribution in [2.45, 2.75) is 22.1 Å². The molecule has 0 amide bonds. The van der Waals surface area contributed by atoms with Crippen LogP contribution in [-0.2, 0) is 9.53 Å². The van der Waals surface area contributed by atoms with Crippen molar-refractivity contribution in [3.05, 3.63) is 11.3 Å². The van der Waals surface area contributed by atoms with Gasteiger partial charge in [-0.25, -0.2) is 4.79 Å². The monoisotopic (exact) mass is 360 g/mol. The molecule has 0 aromatic rings. The Morgan fingerprint density at radius 2 is 2.26 bits per heavy atom. The summed E-state index contributed by atoms with van der Waals surface area (Å²) < 4.78 is 3.38. The number of rotatable bonds is 2. The van der Waals surface area contributed by atoms with Crippen LogP contribution in [0.5, 0.6) is 0 Å². The largest absolute Gasteiger partial charge is 0.456 e. The lowest BCUT2D eigenvalue weighted by molar-refractivity contribution is -0.140. The highest BCUT2D eigenvalue weighted by Crippen LogP contribution is 2.40. The Kier molecular flexibility index (Phi) is 4.60. The maximum Gasteiger partial charge on any atom is 0.355 e. The third-order valence-corrected chi connectivity index (χ3v) is 5.00. The standard InChI is InChI=1S/C10H11Cl3N2O2S2/c1-4-2-19-8-5(14)7(18)15(8)6(4)9(16)17-3-10(11,12)13/h5,8H,2-3,14H2,1H3. The van der Waals surface area contributed by atoms with Crippen LogP contribution in [0, 0.1) is 0 Å². The van der Waals surface area contributed by atoms with Crippen molar-refractivity contribution in [3.63, 3.8) is 0 Å². The van der Waals surface area contributed by atoms with Gasteiger partial charge in [-0.1, -0.05) is 47.0 Å². The minimum absolute atomic E-state index is 0.00786.